The molecule has 0 saturated heterocycles. The minimum Gasteiger partial charge on any atom is -0.437 e. The number of nitrogens with zero attached hydrogens (tertiary/aromatic N) is 1. The summed E-state index contributed by atoms with van der Waals surface area (Å²) >= 11 is 11.5. The third-order valence-corrected chi connectivity index (χ3v) is 2.48. The van der Waals surface area contributed by atoms with Gasteiger partial charge in [0.15, 0.2) is 0 Å². The summed E-state index contributed by atoms with van der Waals surface area (Å²) in [6.45, 7) is 0. The predicted octanol–water partition coefficient (Wildman–Crippen LogP) is 3.90. The molecular weight excluding hydrogens is 266 g/mol. The molecule has 2 N–H and O–H groups in total. The molecule has 0 radical (unpaired) electrons. The average molecular weight is 273 g/mol. The molecule has 1 heterocycles. The van der Waals surface area contributed by atoms with Crippen LogP contribution >= 0.6 is 23.2 Å². The fraction of sp³-hybridized carbons (Fsp3) is 0. The number of benzene rings is 1. The molecule has 88 valence electrons. The highest BCUT2D eigenvalue weighted by atomic mass is 35.5. The number of hydrogen-bond acceptors (Lipinski definition) is 3. The maximum Gasteiger partial charge on any atom is 0.219 e. The summed E-state index contributed by atoms with van der Waals surface area (Å²) in [5.74, 6) is -0.0610. The normalized spacial score (nSPS) is 10.3. The van der Waals surface area contributed by atoms with Crippen molar-refractivity contribution < 1.29 is 9.13 Å². The minimum atomic E-state index is -0.591. The summed E-state index contributed by atoms with van der Waals surface area (Å²) < 4.78 is 18.4. The molecule has 0 atom stereocenters. The van der Waals surface area contributed by atoms with Gasteiger partial charge in [0.2, 0.25) is 5.88 Å². The van der Waals surface area contributed by atoms with Gasteiger partial charge >= 0.3 is 0 Å². The minimum absolute atomic E-state index is 0.0432. The number of rotatable bonds is 2. The van der Waals surface area contributed by atoms with E-state index in [2.05, 4.69) is 4.98 Å². The Morgan fingerprint density at radius 1 is 1.24 bits per heavy atom. The third-order valence-electron chi connectivity index (χ3n) is 1.97. The summed E-state index contributed by atoms with van der Waals surface area (Å²) in [5, 5.41) is 0.607. The molecule has 0 saturated carbocycles. The number of pyridine rings is 1. The first-order valence-corrected chi connectivity index (χ1v) is 5.36. The molecule has 0 aliphatic heterocycles. The van der Waals surface area contributed by atoms with Crippen molar-refractivity contribution in [3.8, 4) is 11.6 Å². The summed E-state index contributed by atoms with van der Waals surface area (Å²) in [6, 6.07) is 5.57. The molecule has 1 aromatic heterocycles. The van der Waals surface area contributed by atoms with Crippen LogP contribution in [0.25, 0.3) is 0 Å². The number of halogens is 3. The first-order valence-electron chi connectivity index (χ1n) is 4.60. The van der Waals surface area contributed by atoms with Gasteiger partial charge in [0.05, 0.1) is 15.7 Å². The molecule has 17 heavy (non-hydrogen) atoms. The zero-order valence-electron chi connectivity index (χ0n) is 8.45. The molecule has 2 rings (SSSR count). The van der Waals surface area contributed by atoms with E-state index >= 15 is 0 Å². The zero-order chi connectivity index (χ0) is 12.4. The van der Waals surface area contributed by atoms with Crippen molar-refractivity contribution >= 4 is 28.9 Å². The molecule has 0 fully saturated rings. The van der Waals surface area contributed by atoms with Crippen LogP contribution in [0, 0.1) is 5.82 Å². The molecule has 6 heteroatoms. The van der Waals surface area contributed by atoms with Crippen LogP contribution in [0.2, 0.25) is 10.0 Å². The smallest absolute Gasteiger partial charge is 0.219 e. The molecule has 3 nitrogen and oxygen atoms in total. The van der Waals surface area contributed by atoms with Gasteiger partial charge in [-0.05, 0) is 12.1 Å². The highest BCUT2D eigenvalue weighted by Gasteiger charge is 2.09. The first-order chi connectivity index (χ1) is 8.06. The van der Waals surface area contributed by atoms with Crippen molar-refractivity contribution in [3.63, 3.8) is 0 Å². The van der Waals surface area contributed by atoms with E-state index in [1.165, 1.54) is 12.3 Å². The van der Waals surface area contributed by atoms with E-state index in [1.54, 1.807) is 12.1 Å². The lowest BCUT2D eigenvalue weighted by Gasteiger charge is -2.07. The van der Waals surface area contributed by atoms with E-state index in [0.717, 1.165) is 6.07 Å². The summed E-state index contributed by atoms with van der Waals surface area (Å²) in [7, 11) is 0. The largest absolute Gasteiger partial charge is 0.437 e. The number of hydrogen-bond donors (Lipinski definition) is 1. The molecule has 0 aliphatic carbocycles. The Morgan fingerprint density at radius 3 is 2.65 bits per heavy atom. The Labute approximate surface area is 107 Å². The van der Waals surface area contributed by atoms with Crippen molar-refractivity contribution in [3.05, 3.63) is 46.3 Å². The van der Waals surface area contributed by atoms with E-state index < -0.39 is 5.82 Å². The van der Waals surface area contributed by atoms with Gasteiger partial charge in [-0.15, -0.1) is 0 Å². The molecule has 2 aromatic rings. The van der Waals surface area contributed by atoms with Crippen LogP contribution in [0.1, 0.15) is 0 Å². The molecule has 0 unspecified atom stereocenters. The second kappa shape index (κ2) is 4.77. The molecule has 0 spiro atoms. The Morgan fingerprint density at radius 2 is 2.00 bits per heavy atom. The van der Waals surface area contributed by atoms with Crippen molar-refractivity contribution in [1.82, 2.24) is 4.98 Å². The van der Waals surface area contributed by atoms with Crippen LogP contribution < -0.4 is 10.5 Å². The highest BCUT2D eigenvalue weighted by Crippen LogP contribution is 2.32. The maximum absolute atomic E-state index is 13.1. The Bertz CT molecular complexity index is 546. The van der Waals surface area contributed by atoms with Gasteiger partial charge in [0, 0.05) is 18.3 Å². The lowest BCUT2D eigenvalue weighted by molar-refractivity contribution is 0.462. The van der Waals surface area contributed by atoms with Crippen LogP contribution in [0.3, 0.4) is 0 Å². The zero-order valence-corrected chi connectivity index (χ0v) is 9.97. The van der Waals surface area contributed by atoms with Crippen molar-refractivity contribution in [2.75, 3.05) is 5.73 Å². The van der Waals surface area contributed by atoms with E-state index in [-0.39, 0.29) is 16.5 Å². The summed E-state index contributed by atoms with van der Waals surface area (Å²) in [6.07, 6.45) is 1.43. The number of nitrogens with two attached hydrogens (primary N) is 1. The quantitative estimate of drug-likeness (QED) is 0.844. The van der Waals surface area contributed by atoms with E-state index in [9.17, 15) is 4.39 Å². The van der Waals surface area contributed by atoms with Crippen molar-refractivity contribution in [1.29, 1.82) is 0 Å². The van der Waals surface area contributed by atoms with Crippen LogP contribution in [0.5, 0.6) is 11.6 Å². The van der Waals surface area contributed by atoms with E-state index in [0.29, 0.717) is 10.9 Å². The highest BCUT2D eigenvalue weighted by molar-refractivity contribution is 6.32. The van der Waals surface area contributed by atoms with Gasteiger partial charge in [-0.1, -0.05) is 23.2 Å². The Kier molecular flexibility index (Phi) is 3.36. The monoisotopic (exact) mass is 272 g/mol. The molecule has 0 aliphatic rings. The topological polar surface area (TPSA) is 48.1 Å². The molecule has 0 amide bonds. The number of aromatic nitrogens is 1. The lowest BCUT2D eigenvalue weighted by Crippen LogP contribution is -1.94. The van der Waals surface area contributed by atoms with E-state index in [4.69, 9.17) is 33.7 Å². The maximum atomic E-state index is 13.1. The Balaban J connectivity index is 2.30. The average Bonchev–Trinajstić information content (AvgIpc) is 2.29. The predicted molar refractivity (Wildman–Crippen MR) is 65.1 cm³/mol. The van der Waals surface area contributed by atoms with Gasteiger partial charge in [-0.3, -0.25) is 0 Å². The molecular formula is C11H7Cl2FN2O. The fourth-order valence-corrected chi connectivity index (χ4v) is 1.46. The van der Waals surface area contributed by atoms with Gasteiger partial charge in [0.25, 0.3) is 0 Å². The van der Waals surface area contributed by atoms with Gasteiger partial charge < -0.3 is 10.5 Å². The van der Waals surface area contributed by atoms with Gasteiger partial charge in [0.1, 0.15) is 11.6 Å². The summed E-state index contributed by atoms with van der Waals surface area (Å²) in [5.41, 5.74) is 5.37. The second-order valence-electron chi connectivity index (χ2n) is 3.22. The number of ether oxygens (including phenoxy) is 1. The van der Waals surface area contributed by atoms with Crippen LogP contribution in [-0.2, 0) is 0 Å². The SMILES string of the molecule is Nc1cc(Oc2ccc(Cl)cn2)c(Cl)cc1F. The van der Waals surface area contributed by atoms with Crippen LogP contribution in [0.4, 0.5) is 10.1 Å². The van der Waals surface area contributed by atoms with Gasteiger partial charge in [-0.25, -0.2) is 9.37 Å². The third kappa shape index (κ3) is 2.78. The number of anilines is 1. The van der Waals surface area contributed by atoms with Gasteiger partial charge in [-0.2, -0.15) is 0 Å². The van der Waals surface area contributed by atoms with E-state index in [1.807, 2.05) is 0 Å². The summed E-state index contributed by atoms with van der Waals surface area (Å²) in [4.78, 5) is 3.92. The fourth-order valence-electron chi connectivity index (χ4n) is 1.16. The Hall–Kier alpha value is -1.52. The van der Waals surface area contributed by atoms with Crippen molar-refractivity contribution in [2.45, 2.75) is 0 Å². The molecule has 1 aromatic carbocycles. The molecule has 0 bridgehead atoms. The second-order valence-corrected chi connectivity index (χ2v) is 4.06. The first kappa shape index (κ1) is 12.0. The van der Waals surface area contributed by atoms with Crippen molar-refractivity contribution in [2.24, 2.45) is 0 Å². The number of nitrogen functional groups attached to an aromatic ring is 1. The van der Waals surface area contributed by atoms with Crippen LogP contribution in [0.15, 0.2) is 30.5 Å². The standard InChI is InChI=1S/C11H7Cl2FN2O/c12-6-1-2-11(16-5-6)17-10-4-9(15)8(14)3-7(10)13/h1-5H,15H2. The van der Waals surface area contributed by atoms with Crippen LogP contribution in [-0.4, -0.2) is 4.98 Å². The lowest BCUT2D eigenvalue weighted by atomic mass is 10.3.